The van der Waals surface area contributed by atoms with Crippen molar-refractivity contribution in [1.82, 2.24) is 19.2 Å². The summed E-state index contributed by atoms with van der Waals surface area (Å²) < 4.78 is 28.3. The monoisotopic (exact) mass is 306 g/mol. The molecule has 0 aromatic rings. The molecule has 6 nitrogen and oxygen atoms in total. The minimum atomic E-state index is -3.32. The summed E-state index contributed by atoms with van der Waals surface area (Å²) in [5.74, 6) is 0.444. The molecule has 1 aliphatic heterocycles. The largest absolute Gasteiger partial charge is 0.317 e. The summed E-state index contributed by atoms with van der Waals surface area (Å²) in [6.07, 6.45) is 1.92. The van der Waals surface area contributed by atoms with Crippen LogP contribution in [-0.2, 0) is 10.2 Å². The number of nitrogens with one attached hydrogen (secondary N) is 2. The fourth-order valence-electron chi connectivity index (χ4n) is 2.42. The first-order valence-corrected chi connectivity index (χ1v) is 9.07. The molecule has 120 valence electrons. The predicted molar refractivity (Wildman–Crippen MR) is 82.9 cm³/mol. The maximum absolute atomic E-state index is 12.1. The highest BCUT2D eigenvalue weighted by atomic mass is 32.2. The molecule has 0 bridgehead atoms. The fourth-order valence-corrected chi connectivity index (χ4v) is 3.46. The van der Waals surface area contributed by atoms with Crippen LogP contribution in [0, 0.1) is 5.92 Å². The molecule has 1 rings (SSSR count). The molecule has 0 saturated carbocycles. The third kappa shape index (κ3) is 6.05. The first-order valence-electron chi connectivity index (χ1n) is 7.63. The van der Waals surface area contributed by atoms with E-state index in [4.69, 9.17) is 0 Å². The van der Waals surface area contributed by atoms with E-state index in [1.807, 2.05) is 6.92 Å². The zero-order chi connectivity index (χ0) is 15.0. The van der Waals surface area contributed by atoms with E-state index in [2.05, 4.69) is 21.9 Å². The van der Waals surface area contributed by atoms with Crippen LogP contribution in [0.4, 0.5) is 0 Å². The van der Waals surface area contributed by atoms with Gasteiger partial charge in [-0.2, -0.15) is 12.7 Å². The summed E-state index contributed by atoms with van der Waals surface area (Å²) in [5.41, 5.74) is 0. The maximum atomic E-state index is 12.1. The van der Waals surface area contributed by atoms with Gasteiger partial charge in [-0.1, -0.05) is 13.8 Å². The molecule has 1 unspecified atom stereocenters. The Morgan fingerprint density at radius 3 is 2.70 bits per heavy atom. The number of hydrogen-bond acceptors (Lipinski definition) is 4. The molecule has 1 atom stereocenters. The average molecular weight is 306 g/mol. The van der Waals surface area contributed by atoms with Crippen LogP contribution < -0.4 is 10.0 Å². The van der Waals surface area contributed by atoms with Crippen molar-refractivity contribution >= 4 is 10.2 Å². The molecule has 1 aliphatic rings. The second-order valence-corrected chi connectivity index (χ2v) is 7.29. The number of rotatable bonds is 10. The molecule has 20 heavy (non-hydrogen) atoms. The molecule has 7 heteroatoms. The maximum Gasteiger partial charge on any atom is 0.279 e. The van der Waals surface area contributed by atoms with Gasteiger partial charge in [0.15, 0.2) is 0 Å². The topological polar surface area (TPSA) is 64.7 Å². The van der Waals surface area contributed by atoms with Crippen molar-refractivity contribution < 1.29 is 8.42 Å². The highest BCUT2D eigenvalue weighted by Gasteiger charge is 2.24. The van der Waals surface area contributed by atoms with Gasteiger partial charge >= 0.3 is 0 Å². The third-order valence-electron chi connectivity index (χ3n) is 3.86. The normalized spacial score (nSPS) is 20.9. The zero-order valence-corrected chi connectivity index (χ0v) is 13.9. The standard InChI is InChI=1S/C13H30N4O2S/c1-4-14-8-6-9-16(3)20(18,19)15-11-13-7-10-17(5-2)12-13/h13-15H,4-12H2,1-3H3. The number of hydrogen-bond donors (Lipinski definition) is 2. The highest BCUT2D eigenvalue weighted by molar-refractivity contribution is 7.87. The van der Waals surface area contributed by atoms with Crippen LogP contribution in [0.2, 0.25) is 0 Å². The van der Waals surface area contributed by atoms with Gasteiger partial charge < -0.3 is 10.2 Å². The molecule has 0 amide bonds. The Labute approximate surface area is 124 Å². The lowest BCUT2D eigenvalue weighted by molar-refractivity contribution is 0.341. The van der Waals surface area contributed by atoms with E-state index >= 15 is 0 Å². The van der Waals surface area contributed by atoms with Gasteiger partial charge in [-0.3, -0.25) is 0 Å². The lowest BCUT2D eigenvalue weighted by atomic mass is 10.1. The van der Waals surface area contributed by atoms with Crippen LogP contribution in [0.25, 0.3) is 0 Å². The summed E-state index contributed by atoms with van der Waals surface area (Å²) in [6.45, 7) is 10.2. The Morgan fingerprint density at radius 2 is 2.10 bits per heavy atom. The van der Waals surface area contributed by atoms with Gasteiger partial charge in [-0.25, -0.2) is 4.72 Å². The third-order valence-corrected chi connectivity index (χ3v) is 5.39. The van der Waals surface area contributed by atoms with Gasteiger partial charge in [-0.15, -0.1) is 0 Å². The van der Waals surface area contributed by atoms with E-state index in [1.165, 1.54) is 4.31 Å². The predicted octanol–water partition coefficient (Wildman–Crippen LogP) is 0.0940. The van der Waals surface area contributed by atoms with Crippen molar-refractivity contribution in [3.05, 3.63) is 0 Å². The average Bonchev–Trinajstić information content (AvgIpc) is 2.89. The van der Waals surface area contributed by atoms with E-state index in [0.29, 0.717) is 19.0 Å². The minimum absolute atomic E-state index is 0.444. The van der Waals surface area contributed by atoms with Crippen molar-refractivity contribution in [2.75, 3.05) is 52.9 Å². The first kappa shape index (κ1) is 17.8. The Morgan fingerprint density at radius 1 is 1.35 bits per heavy atom. The highest BCUT2D eigenvalue weighted by Crippen LogP contribution is 2.15. The Balaban J connectivity index is 2.26. The lowest BCUT2D eigenvalue weighted by Crippen LogP contribution is -2.41. The van der Waals surface area contributed by atoms with Crippen LogP contribution in [-0.4, -0.2) is 70.5 Å². The summed E-state index contributed by atoms with van der Waals surface area (Å²) in [5, 5.41) is 3.20. The molecule has 0 spiro atoms. The number of likely N-dealkylation sites (tertiary alicyclic amines) is 1. The molecular weight excluding hydrogens is 276 g/mol. The number of nitrogens with zero attached hydrogens (tertiary/aromatic N) is 2. The van der Waals surface area contributed by atoms with Crippen molar-refractivity contribution in [2.24, 2.45) is 5.92 Å². The van der Waals surface area contributed by atoms with Gasteiger partial charge in [-0.05, 0) is 44.9 Å². The van der Waals surface area contributed by atoms with Crippen molar-refractivity contribution in [2.45, 2.75) is 26.7 Å². The van der Waals surface area contributed by atoms with E-state index in [1.54, 1.807) is 7.05 Å². The fraction of sp³-hybridized carbons (Fsp3) is 1.00. The Kier molecular flexibility index (Phi) is 7.98. The summed E-state index contributed by atoms with van der Waals surface area (Å²) in [6, 6.07) is 0. The second kappa shape index (κ2) is 8.94. The first-order chi connectivity index (χ1) is 9.49. The molecule has 0 aromatic heterocycles. The van der Waals surface area contributed by atoms with Gasteiger partial charge in [0.25, 0.3) is 10.2 Å². The quantitative estimate of drug-likeness (QED) is 0.562. The van der Waals surface area contributed by atoms with Crippen LogP contribution in [0.1, 0.15) is 26.7 Å². The van der Waals surface area contributed by atoms with Crippen LogP contribution in [0.3, 0.4) is 0 Å². The molecule has 0 radical (unpaired) electrons. The smallest absolute Gasteiger partial charge is 0.279 e. The van der Waals surface area contributed by atoms with E-state index in [9.17, 15) is 8.42 Å². The summed E-state index contributed by atoms with van der Waals surface area (Å²) >= 11 is 0. The lowest BCUT2D eigenvalue weighted by Gasteiger charge is -2.19. The minimum Gasteiger partial charge on any atom is -0.317 e. The van der Waals surface area contributed by atoms with Crippen molar-refractivity contribution in [3.63, 3.8) is 0 Å². The molecule has 1 saturated heterocycles. The van der Waals surface area contributed by atoms with Gasteiger partial charge in [0.1, 0.15) is 0 Å². The molecule has 0 aliphatic carbocycles. The zero-order valence-electron chi connectivity index (χ0n) is 13.1. The molecule has 0 aromatic carbocycles. The van der Waals surface area contributed by atoms with E-state index in [-0.39, 0.29) is 0 Å². The Bertz CT molecular complexity index is 361. The van der Waals surface area contributed by atoms with Gasteiger partial charge in [0, 0.05) is 26.7 Å². The van der Waals surface area contributed by atoms with Crippen molar-refractivity contribution in [3.8, 4) is 0 Å². The summed E-state index contributed by atoms with van der Waals surface area (Å²) in [4.78, 5) is 2.36. The SMILES string of the molecule is CCNCCCN(C)S(=O)(=O)NCC1CCN(CC)C1. The second-order valence-electron chi connectivity index (χ2n) is 5.43. The van der Waals surface area contributed by atoms with Crippen LogP contribution >= 0.6 is 0 Å². The molecule has 1 heterocycles. The van der Waals surface area contributed by atoms with Crippen LogP contribution in [0.5, 0.6) is 0 Å². The molecule has 2 N–H and O–H groups in total. The van der Waals surface area contributed by atoms with Crippen molar-refractivity contribution in [1.29, 1.82) is 0 Å². The van der Waals surface area contributed by atoms with E-state index in [0.717, 1.165) is 45.6 Å². The Hall–Kier alpha value is -0.210. The van der Waals surface area contributed by atoms with Crippen LogP contribution in [0.15, 0.2) is 0 Å². The molecular formula is C13H30N4O2S. The van der Waals surface area contributed by atoms with E-state index < -0.39 is 10.2 Å². The van der Waals surface area contributed by atoms with Gasteiger partial charge in [0.2, 0.25) is 0 Å². The molecule has 1 fully saturated rings. The summed E-state index contributed by atoms with van der Waals surface area (Å²) in [7, 11) is -1.68. The van der Waals surface area contributed by atoms with Gasteiger partial charge in [0.05, 0.1) is 0 Å².